The van der Waals surface area contributed by atoms with Crippen LogP contribution in [0.15, 0.2) is 53.3 Å². The number of hydrogen-bond donors (Lipinski definition) is 4. The first-order valence-corrected chi connectivity index (χ1v) is 10.4. The second kappa shape index (κ2) is 9.43. The number of anilines is 4. The number of nitrogens with one attached hydrogen (secondary N) is 4. The maximum atomic E-state index is 12.9. The Balaban J connectivity index is 1.56. The molecule has 0 fully saturated rings. The Morgan fingerprint density at radius 2 is 1.73 bits per heavy atom. The lowest BCUT2D eigenvalue weighted by atomic mass is 9.92. The summed E-state index contributed by atoms with van der Waals surface area (Å²) in [6.45, 7) is 2.41. The van der Waals surface area contributed by atoms with E-state index in [0.717, 1.165) is 0 Å². The average Bonchev–Trinajstić information content (AvgIpc) is 2.80. The Morgan fingerprint density at radius 3 is 2.39 bits per heavy atom. The zero-order valence-corrected chi connectivity index (χ0v) is 18.1. The van der Waals surface area contributed by atoms with Crippen molar-refractivity contribution in [3.05, 3.63) is 64.4 Å². The summed E-state index contributed by atoms with van der Waals surface area (Å²) in [5, 5.41) is 8.32. The number of carbonyl (C=O) groups is 2. The van der Waals surface area contributed by atoms with E-state index >= 15 is 0 Å². The number of methoxy groups -OCH3 is 1. The third kappa shape index (κ3) is 4.95. The lowest BCUT2D eigenvalue weighted by molar-refractivity contribution is -0.123. The van der Waals surface area contributed by atoms with Gasteiger partial charge in [-0.25, -0.2) is 0 Å². The number of aromatic amines is 1. The second-order valence-corrected chi connectivity index (χ2v) is 7.28. The molecule has 2 heterocycles. The minimum absolute atomic E-state index is 0.0536. The molecule has 2 amide bonds. The van der Waals surface area contributed by atoms with Gasteiger partial charge >= 0.3 is 0 Å². The molecular weight excluding hydrogens is 426 g/mol. The van der Waals surface area contributed by atoms with Crippen LogP contribution in [0.25, 0.3) is 0 Å². The number of rotatable bonds is 7. The smallest absolute Gasteiger partial charge is 0.258 e. The lowest BCUT2D eigenvalue weighted by Crippen LogP contribution is -2.36. The Bertz CT molecular complexity index is 1220. The fourth-order valence-corrected chi connectivity index (χ4v) is 3.50. The SMILES string of the molecule is CCOc1ccc(NC(=O)[C@@H]2CC(=O)Nc3nc(Nc4ccc(OC)cc4)[nH]c(=O)c32)cc1. The van der Waals surface area contributed by atoms with Crippen LogP contribution in [0.4, 0.5) is 23.1 Å². The van der Waals surface area contributed by atoms with E-state index in [4.69, 9.17) is 9.47 Å². The fourth-order valence-electron chi connectivity index (χ4n) is 3.50. The van der Waals surface area contributed by atoms with Crippen LogP contribution in [0.3, 0.4) is 0 Å². The zero-order valence-electron chi connectivity index (χ0n) is 18.1. The number of ether oxygens (including phenoxy) is 2. The van der Waals surface area contributed by atoms with Gasteiger partial charge in [-0.15, -0.1) is 0 Å². The molecule has 1 aliphatic heterocycles. The van der Waals surface area contributed by atoms with E-state index in [0.29, 0.717) is 29.5 Å². The van der Waals surface area contributed by atoms with Crippen LogP contribution in [-0.4, -0.2) is 35.5 Å². The van der Waals surface area contributed by atoms with Crippen molar-refractivity contribution in [2.75, 3.05) is 29.7 Å². The van der Waals surface area contributed by atoms with E-state index in [-0.39, 0.29) is 23.8 Å². The van der Waals surface area contributed by atoms with Crippen LogP contribution >= 0.6 is 0 Å². The number of H-pyrrole nitrogens is 1. The highest BCUT2D eigenvalue weighted by atomic mass is 16.5. The highest BCUT2D eigenvalue weighted by molar-refractivity contribution is 6.04. The molecule has 1 aliphatic rings. The molecule has 0 saturated carbocycles. The zero-order chi connectivity index (χ0) is 23.4. The Labute approximate surface area is 189 Å². The molecule has 33 heavy (non-hydrogen) atoms. The molecular formula is C23H23N5O5. The van der Waals surface area contributed by atoms with Crippen LogP contribution in [0, 0.1) is 0 Å². The van der Waals surface area contributed by atoms with Gasteiger partial charge in [-0.2, -0.15) is 4.98 Å². The summed E-state index contributed by atoms with van der Waals surface area (Å²) in [6.07, 6.45) is -0.161. The number of nitrogens with zero attached hydrogens (tertiary/aromatic N) is 1. The summed E-state index contributed by atoms with van der Waals surface area (Å²) in [7, 11) is 1.57. The molecule has 170 valence electrons. The van der Waals surface area contributed by atoms with Gasteiger partial charge in [0.25, 0.3) is 5.56 Å². The average molecular weight is 449 g/mol. The molecule has 1 atom stereocenters. The van der Waals surface area contributed by atoms with E-state index in [2.05, 4.69) is 25.9 Å². The van der Waals surface area contributed by atoms with E-state index < -0.39 is 23.3 Å². The second-order valence-electron chi connectivity index (χ2n) is 7.28. The van der Waals surface area contributed by atoms with Gasteiger partial charge in [-0.3, -0.25) is 19.4 Å². The quantitative estimate of drug-likeness (QED) is 0.436. The molecule has 0 spiro atoms. The van der Waals surface area contributed by atoms with Gasteiger partial charge in [0.1, 0.15) is 17.3 Å². The normalized spacial score (nSPS) is 14.6. The predicted octanol–water partition coefficient (Wildman–Crippen LogP) is 2.99. The van der Waals surface area contributed by atoms with Gasteiger partial charge in [0.15, 0.2) is 0 Å². The van der Waals surface area contributed by atoms with Gasteiger partial charge < -0.3 is 25.4 Å². The van der Waals surface area contributed by atoms with E-state index in [1.54, 1.807) is 55.6 Å². The predicted molar refractivity (Wildman–Crippen MR) is 123 cm³/mol. The summed E-state index contributed by atoms with van der Waals surface area (Å²) in [6, 6.07) is 13.9. The number of aromatic nitrogens is 2. The van der Waals surface area contributed by atoms with Gasteiger partial charge in [-0.05, 0) is 55.5 Å². The van der Waals surface area contributed by atoms with Crippen LogP contribution in [0.2, 0.25) is 0 Å². The summed E-state index contributed by atoms with van der Waals surface area (Å²) < 4.78 is 10.5. The number of carbonyl (C=O) groups excluding carboxylic acids is 2. The Morgan fingerprint density at radius 1 is 1.06 bits per heavy atom. The van der Waals surface area contributed by atoms with Crippen LogP contribution < -0.4 is 31.0 Å². The van der Waals surface area contributed by atoms with Crippen molar-refractivity contribution in [1.82, 2.24) is 9.97 Å². The number of fused-ring (bicyclic) bond motifs is 1. The first-order chi connectivity index (χ1) is 16.0. The summed E-state index contributed by atoms with van der Waals surface area (Å²) in [5.41, 5.74) is 0.783. The molecule has 0 bridgehead atoms. The van der Waals surface area contributed by atoms with Gasteiger partial charge in [-0.1, -0.05) is 0 Å². The summed E-state index contributed by atoms with van der Waals surface area (Å²) in [4.78, 5) is 45.0. The van der Waals surface area contributed by atoms with Crippen molar-refractivity contribution in [3.63, 3.8) is 0 Å². The molecule has 4 rings (SSSR count). The maximum absolute atomic E-state index is 12.9. The van der Waals surface area contributed by atoms with Gasteiger partial charge in [0.05, 0.1) is 25.2 Å². The van der Waals surface area contributed by atoms with E-state index in [1.807, 2.05) is 6.92 Å². The standard InChI is InChI=1S/C23H23N5O5/c1-3-33-16-10-6-13(7-11-16)24-21(30)17-12-18(29)26-20-19(17)22(31)28-23(27-20)25-14-4-8-15(32-2)9-5-14/h4-11,17H,3,12H2,1-2H3,(H,24,30)(H3,25,26,27,28,29,31)/t17-/m1/s1. The highest BCUT2D eigenvalue weighted by Gasteiger charge is 2.34. The van der Waals surface area contributed by atoms with Crippen LogP contribution in [0.1, 0.15) is 24.8 Å². The molecule has 10 heteroatoms. The fraction of sp³-hybridized carbons (Fsp3) is 0.217. The minimum atomic E-state index is -0.980. The molecule has 10 nitrogen and oxygen atoms in total. The third-order valence-corrected chi connectivity index (χ3v) is 5.05. The Hall–Kier alpha value is -4.34. The summed E-state index contributed by atoms with van der Waals surface area (Å²) in [5.74, 6) is -0.306. The topological polar surface area (TPSA) is 134 Å². The van der Waals surface area contributed by atoms with Crippen LogP contribution in [0.5, 0.6) is 11.5 Å². The van der Waals surface area contributed by atoms with Crippen molar-refractivity contribution >= 4 is 35.0 Å². The van der Waals surface area contributed by atoms with Crippen molar-refractivity contribution in [2.24, 2.45) is 0 Å². The van der Waals surface area contributed by atoms with Crippen molar-refractivity contribution in [2.45, 2.75) is 19.3 Å². The first kappa shape index (κ1) is 21.9. The maximum Gasteiger partial charge on any atom is 0.258 e. The minimum Gasteiger partial charge on any atom is -0.497 e. The lowest BCUT2D eigenvalue weighted by Gasteiger charge is -2.23. The van der Waals surface area contributed by atoms with E-state index in [1.165, 1.54) is 0 Å². The number of amides is 2. The summed E-state index contributed by atoms with van der Waals surface area (Å²) >= 11 is 0. The molecule has 0 saturated heterocycles. The van der Waals surface area contributed by atoms with Gasteiger partial charge in [0, 0.05) is 17.8 Å². The molecule has 4 N–H and O–H groups in total. The van der Waals surface area contributed by atoms with Crippen LogP contribution in [-0.2, 0) is 9.59 Å². The largest absolute Gasteiger partial charge is 0.497 e. The third-order valence-electron chi connectivity index (χ3n) is 5.05. The van der Waals surface area contributed by atoms with Crippen molar-refractivity contribution in [1.29, 1.82) is 0 Å². The molecule has 0 unspecified atom stereocenters. The molecule has 0 radical (unpaired) electrons. The monoisotopic (exact) mass is 449 g/mol. The molecule has 2 aromatic carbocycles. The molecule has 1 aromatic heterocycles. The van der Waals surface area contributed by atoms with Crippen molar-refractivity contribution < 1.29 is 19.1 Å². The molecule has 0 aliphatic carbocycles. The van der Waals surface area contributed by atoms with Gasteiger partial charge in [0.2, 0.25) is 17.8 Å². The number of benzene rings is 2. The molecule has 3 aromatic rings. The first-order valence-electron chi connectivity index (χ1n) is 10.4. The van der Waals surface area contributed by atoms with Crippen molar-refractivity contribution in [3.8, 4) is 11.5 Å². The Kier molecular flexibility index (Phi) is 6.25. The number of hydrogen-bond acceptors (Lipinski definition) is 7. The van der Waals surface area contributed by atoms with E-state index in [9.17, 15) is 14.4 Å². The highest BCUT2D eigenvalue weighted by Crippen LogP contribution is 2.30.